The van der Waals surface area contributed by atoms with Gasteiger partial charge in [-0.25, -0.2) is 9.59 Å². The average molecular weight is 410 g/mol. The molecule has 150 valence electrons. The number of hydrogen-bond donors (Lipinski definition) is 3. The zero-order valence-corrected chi connectivity index (χ0v) is 15.8. The van der Waals surface area contributed by atoms with Gasteiger partial charge in [-0.15, -0.1) is 0 Å². The van der Waals surface area contributed by atoms with Gasteiger partial charge in [-0.1, -0.05) is 29.8 Å². The van der Waals surface area contributed by atoms with E-state index < -0.39 is 11.9 Å². The summed E-state index contributed by atoms with van der Waals surface area (Å²) in [5.41, 5.74) is 1.04. The summed E-state index contributed by atoms with van der Waals surface area (Å²) in [5, 5.41) is 18.6. The minimum Gasteiger partial charge on any atom is -0.482 e. The number of ether oxygens (including phenoxy) is 3. The minimum absolute atomic E-state index is 0.109. The molecule has 8 nitrogen and oxygen atoms in total. The van der Waals surface area contributed by atoms with Gasteiger partial charge in [0.25, 0.3) is 0 Å². The highest BCUT2D eigenvalue weighted by Gasteiger charge is 2.22. The van der Waals surface area contributed by atoms with E-state index in [-0.39, 0.29) is 12.9 Å². The molecule has 0 fully saturated rings. The summed E-state index contributed by atoms with van der Waals surface area (Å²) >= 11 is 6.10. The molecule has 1 heterocycles. The first kappa shape index (κ1) is 21.3. The third kappa shape index (κ3) is 6.04. The van der Waals surface area contributed by atoms with Crippen LogP contribution in [0.3, 0.4) is 0 Å². The van der Waals surface area contributed by atoms with Gasteiger partial charge in [-0.3, -0.25) is 0 Å². The van der Waals surface area contributed by atoms with Crippen molar-refractivity contribution >= 4 is 23.5 Å². The highest BCUT2D eigenvalue weighted by Crippen LogP contribution is 2.42. The summed E-state index contributed by atoms with van der Waals surface area (Å²) in [6, 6.07) is 13.4. The Labute approximate surface area is 166 Å². The molecule has 3 rings (SSSR count). The predicted molar refractivity (Wildman–Crippen MR) is 101 cm³/mol. The number of carbonyl (C=O) groups is 2. The Balaban J connectivity index is 0.000000409. The van der Waals surface area contributed by atoms with Crippen LogP contribution in [0.1, 0.15) is 18.1 Å². The van der Waals surface area contributed by atoms with E-state index in [1.165, 1.54) is 0 Å². The summed E-state index contributed by atoms with van der Waals surface area (Å²) in [4.78, 5) is 18.2. The molecule has 0 bridgehead atoms. The van der Waals surface area contributed by atoms with Crippen LogP contribution in [0.25, 0.3) is 0 Å². The molecule has 0 aromatic heterocycles. The number of para-hydroxylation sites is 1. The van der Waals surface area contributed by atoms with Crippen LogP contribution in [0.15, 0.2) is 42.5 Å². The smallest absolute Gasteiger partial charge is 0.414 e. The third-order valence-electron chi connectivity index (χ3n) is 3.69. The molecule has 28 heavy (non-hydrogen) atoms. The first-order valence-corrected chi connectivity index (χ1v) is 8.71. The van der Waals surface area contributed by atoms with Gasteiger partial charge >= 0.3 is 11.9 Å². The van der Waals surface area contributed by atoms with Gasteiger partial charge in [0, 0.05) is 11.4 Å². The predicted octanol–water partition coefficient (Wildman–Crippen LogP) is 2.95. The van der Waals surface area contributed by atoms with Crippen LogP contribution >= 0.6 is 11.6 Å². The SMILES string of the molecule is CNCCC(Oc1cccc2c1OCO2)c1cccc(Cl)c1.O=C(O)C(=O)O. The van der Waals surface area contributed by atoms with Crippen LogP contribution < -0.4 is 19.5 Å². The molecular weight excluding hydrogens is 390 g/mol. The normalized spacial score (nSPS) is 12.5. The molecule has 2 aromatic carbocycles. The Morgan fingerprint density at radius 2 is 1.89 bits per heavy atom. The van der Waals surface area contributed by atoms with Gasteiger partial charge < -0.3 is 29.7 Å². The van der Waals surface area contributed by atoms with Crippen LogP contribution in [-0.2, 0) is 9.59 Å². The lowest BCUT2D eigenvalue weighted by molar-refractivity contribution is -0.159. The summed E-state index contributed by atoms with van der Waals surface area (Å²) in [6.45, 7) is 1.07. The van der Waals surface area contributed by atoms with Crippen LogP contribution in [0, 0.1) is 0 Å². The number of rotatable bonds is 6. The fourth-order valence-corrected chi connectivity index (χ4v) is 2.62. The maximum Gasteiger partial charge on any atom is 0.414 e. The Hall–Kier alpha value is -2.97. The van der Waals surface area contributed by atoms with E-state index in [1.54, 1.807) is 0 Å². The Morgan fingerprint density at radius 3 is 2.54 bits per heavy atom. The first-order valence-electron chi connectivity index (χ1n) is 8.34. The molecule has 1 atom stereocenters. The minimum atomic E-state index is -1.82. The van der Waals surface area contributed by atoms with Crippen LogP contribution in [0.5, 0.6) is 17.2 Å². The second-order valence-electron chi connectivity index (χ2n) is 5.65. The highest BCUT2D eigenvalue weighted by molar-refractivity contribution is 6.30. The van der Waals surface area contributed by atoms with Crippen molar-refractivity contribution < 1.29 is 34.0 Å². The molecule has 1 aliphatic heterocycles. The number of fused-ring (bicyclic) bond motifs is 1. The van der Waals surface area contributed by atoms with E-state index in [1.807, 2.05) is 49.5 Å². The van der Waals surface area contributed by atoms with E-state index in [0.717, 1.165) is 24.3 Å². The lowest BCUT2D eigenvalue weighted by Crippen LogP contribution is -2.16. The molecular formula is C19H20ClNO7. The van der Waals surface area contributed by atoms with Crippen LogP contribution in [0.2, 0.25) is 5.02 Å². The molecule has 0 radical (unpaired) electrons. The Morgan fingerprint density at radius 1 is 1.18 bits per heavy atom. The quantitative estimate of drug-likeness (QED) is 0.624. The Kier molecular flexibility index (Phi) is 7.91. The van der Waals surface area contributed by atoms with Gasteiger partial charge in [-0.2, -0.15) is 0 Å². The number of halogens is 1. The van der Waals surface area contributed by atoms with Crippen molar-refractivity contribution in [1.82, 2.24) is 5.32 Å². The zero-order chi connectivity index (χ0) is 20.5. The number of carboxylic acids is 2. The summed E-state index contributed by atoms with van der Waals surface area (Å²) in [5.74, 6) is -1.57. The van der Waals surface area contributed by atoms with Gasteiger partial charge in [0.15, 0.2) is 11.5 Å². The Bertz CT molecular complexity index is 816. The van der Waals surface area contributed by atoms with Crippen molar-refractivity contribution in [3.63, 3.8) is 0 Å². The van der Waals surface area contributed by atoms with E-state index in [4.69, 9.17) is 45.6 Å². The first-order chi connectivity index (χ1) is 13.4. The maximum absolute atomic E-state index is 9.10. The average Bonchev–Trinajstić information content (AvgIpc) is 3.15. The molecule has 1 unspecified atom stereocenters. The summed E-state index contributed by atoms with van der Waals surface area (Å²) in [6.07, 6.45) is 0.711. The topological polar surface area (TPSA) is 114 Å². The largest absolute Gasteiger partial charge is 0.482 e. The fraction of sp³-hybridized carbons (Fsp3) is 0.263. The second-order valence-corrected chi connectivity index (χ2v) is 6.09. The van der Waals surface area contributed by atoms with E-state index in [9.17, 15) is 0 Å². The maximum atomic E-state index is 9.10. The standard InChI is InChI=1S/C17H18ClNO3.C2H2O4/c1-19-9-8-14(12-4-2-5-13(18)10-12)22-16-7-3-6-15-17(16)21-11-20-15;3-1(4)2(5)6/h2-7,10,14,19H,8-9,11H2,1H3;(H,3,4)(H,5,6). The highest BCUT2D eigenvalue weighted by atomic mass is 35.5. The number of nitrogens with one attached hydrogen (secondary N) is 1. The van der Waals surface area contributed by atoms with Crippen LogP contribution in [0.4, 0.5) is 0 Å². The van der Waals surface area contributed by atoms with Crippen molar-refractivity contribution in [3.8, 4) is 17.2 Å². The van der Waals surface area contributed by atoms with Gasteiger partial charge in [0.1, 0.15) is 6.10 Å². The molecule has 2 aromatic rings. The number of hydrogen-bond acceptors (Lipinski definition) is 6. The zero-order valence-electron chi connectivity index (χ0n) is 15.1. The molecule has 0 spiro atoms. The molecule has 3 N–H and O–H groups in total. The van der Waals surface area contributed by atoms with Gasteiger partial charge in [0.2, 0.25) is 12.5 Å². The van der Waals surface area contributed by atoms with E-state index >= 15 is 0 Å². The molecule has 9 heteroatoms. The lowest BCUT2D eigenvalue weighted by Gasteiger charge is -2.20. The van der Waals surface area contributed by atoms with Crippen molar-refractivity contribution in [3.05, 3.63) is 53.1 Å². The number of aliphatic carboxylic acids is 2. The van der Waals surface area contributed by atoms with Crippen molar-refractivity contribution in [2.75, 3.05) is 20.4 Å². The second kappa shape index (κ2) is 10.4. The third-order valence-corrected chi connectivity index (χ3v) is 3.92. The van der Waals surface area contributed by atoms with Crippen molar-refractivity contribution in [2.24, 2.45) is 0 Å². The summed E-state index contributed by atoms with van der Waals surface area (Å²) < 4.78 is 17.1. The molecule has 0 amide bonds. The lowest BCUT2D eigenvalue weighted by atomic mass is 10.1. The van der Waals surface area contributed by atoms with Crippen LogP contribution in [-0.4, -0.2) is 42.5 Å². The summed E-state index contributed by atoms with van der Waals surface area (Å²) in [7, 11) is 1.92. The number of benzene rings is 2. The van der Waals surface area contributed by atoms with Crippen molar-refractivity contribution in [2.45, 2.75) is 12.5 Å². The van der Waals surface area contributed by atoms with E-state index in [0.29, 0.717) is 16.5 Å². The van der Waals surface area contributed by atoms with E-state index in [2.05, 4.69) is 5.32 Å². The monoisotopic (exact) mass is 409 g/mol. The molecule has 0 saturated carbocycles. The number of carboxylic acid groups (broad SMARTS) is 2. The fourth-order valence-electron chi connectivity index (χ4n) is 2.43. The molecule has 0 saturated heterocycles. The van der Waals surface area contributed by atoms with Gasteiger partial charge in [0.05, 0.1) is 0 Å². The molecule has 0 aliphatic carbocycles. The van der Waals surface area contributed by atoms with Crippen molar-refractivity contribution in [1.29, 1.82) is 0 Å². The molecule has 1 aliphatic rings. The van der Waals surface area contributed by atoms with Gasteiger partial charge in [-0.05, 0) is 43.4 Å².